The van der Waals surface area contributed by atoms with Gasteiger partial charge < -0.3 is 9.88 Å². The van der Waals surface area contributed by atoms with Crippen LogP contribution in [0.4, 0.5) is 0 Å². The van der Waals surface area contributed by atoms with E-state index in [4.69, 9.17) is 0 Å². The summed E-state index contributed by atoms with van der Waals surface area (Å²) in [5, 5.41) is 0.403. The van der Waals surface area contributed by atoms with Crippen molar-refractivity contribution in [2.75, 3.05) is 31.9 Å². The van der Waals surface area contributed by atoms with Gasteiger partial charge in [0.25, 0.3) is 5.56 Å². The van der Waals surface area contributed by atoms with Gasteiger partial charge in [-0.1, -0.05) is 72.4 Å². The van der Waals surface area contributed by atoms with E-state index in [9.17, 15) is 9.59 Å². The van der Waals surface area contributed by atoms with Crippen molar-refractivity contribution in [3.63, 3.8) is 0 Å². The molecule has 0 atom stereocenters. The molecule has 1 amide bonds. The molecular weight excluding hydrogens is 436 g/mol. The predicted octanol–water partition coefficient (Wildman–Crippen LogP) is 2.67. The van der Waals surface area contributed by atoms with Gasteiger partial charge in [0.15, 0.2) is 16.3 Å². The first-order chi connectivity index (χ1) is 16.2. The van der Waals surface area contributed by atoms with Crippen LogP contribution < -0.4 is 5.56 Å². The van der Waals surface area contributed by atoms with Crippen LogP contribution in [0.25, 0.3) is 11.2 Å². The number of amides is 1. The first-order valence-corrected chi connectivity index (χ1v) is 11.9. The SMILES string of the molecule is O=C(CSc1nc2nc[nH]c2c(=O)[nH]1)N1CCN(C(c2ccccc2)c2ccccc2)CC1. The lowest BCUT2D eigenvalue weighted by Crippen LogP contribution is -2.50. The third kappa shape index (κ3) is 4.69. The molecule has 1 saturated heterocycles. The molecule has 0 bridgehead atoms. The highest BCUT2D eigenvalue weighted by Gasteiger charge is 2.28. The topological polar surface area (TPSA) is 98.0 Å². The molecule has 1 fully saturated rings. The second-order valence-corrected chi connectivity index (χ2v) is 8.87. The summed E-state index contributed by atoms with van der Waals surface area (Å²) in [6.07, 6.45) is 1.43. The van der Waals surface area contributed by atoms with E-state index in [2.05, 4.69) is 73.4 Å². The number of nitrogens with zero attached hydrogens (tertiary/aromatic N) is 4. The number of benzene rings is 2. The minimum Gasteiger partial charge on any atom is -0.339 e. The summed E-state index contributed by atoms with van der Waals surface area (Å²) in [7, 11) is 0. The number of hydrogen-bond donors (Lipinski definition) is 2. The van der Waals surface area contributed by atoms with Crippen molar-refractivity contribution >= 4 is 28.8 Å². The van der Waals surface area contributed by atoms with Crippen LogP contribution in [0.1, 0.15) is 17.2 Å². The summed E-state index contributed by atoms with van der Waals surface area (Å²) in [6.45, 7) is 2.91. The molecule has 1 aliphatic rings. The number of piperazine rings is 1. The summed E-state index contributed by atoms with van der Waals surface area (Å²) in [5.74, 6) is 0.264. The Morgan fingerprint density at radius 1 is 0.970 bits per heavy atom. The van der Waals surface area contributed by atoms with E-state index in [1.165, 1.54) is 29.2 Å². The van der Waals surface area contributed by atoms with Gasteiger partial charge in [0.05, 0.1) is 18.1 Å². The summed E-state index contributed by atoms with van der Waals surface area (Å²) < 4.78 is 0. The molecule has 2 aromatic heterocycles. The zero-order valence-electron chi connectivity index (χ0n) is 18.0. The Bertz CT molecular complexity index is 1240. The molecule has 0 aliphatic carbocycles. The van der Waals surface area contributed by atoms with Crippen molar-refractivity contribution in [2.45, 2.75) is 11.2 Å². The fourth-order valence-electron chi connectivity index (χ4n) is 4.23. The van der Waals surface area contributed by atoms with Crippen molar-refractivity contribution in [1.29, 1.82) is 0 Å². The molecule has 8 nitrogen and oxygen atoms in total. The third-order valence-corrected chi connectivity index (χ3v) is 6.73. The van der Waals surface area contributed by atoms with E-state index in [-0.39, 0.29) is 23.3 Å². The minimum atomic E-state index is -0.283. The van der Waals surface area contributed by atoms with Crippen molar-refractivity contribution in [3.05, 3.63) is 88.5 Å². The maximum Gasteiger partial charge on any atom is 0.277 e. The number of H-pyrrole nitrogens is 2. The Balaban J connectivity index is 1.23. The van der Waals surface area contributed by atoms with E-state index in [0.717, 1.165) is 13.1 Å². The van der Waals surface area contributed by atoms with Gasteiger partial charge in [-0.05, 0) is 11.1 Å². The van der Waals surface area contributed by atoms with Gasteiger partial charge in [0.2, 0.25) is 5.91 Å². The Kier molecular flexibility index (Phi) is 6.23. The molecule has 1 aliphatic heterocycles. The van der Waals surface area contributed by atoms with Gasteiger partial charge in [-0.2, -0.15) is 0 Å². The predicted molar refractivity (Wildman–Crippen MR) is 128 cm³/mol. The Labute approximate surface area is 195 Å². The quantitative estimate of drug-likeness (QED) is 0.339. The number of hydrogen-bond acceptors (Lipinski definition) is 6. The molecule has 3 heterocycles. The van der Waals surface area contributed by atoms with Crippen molar-refractivity contribution in [2.24, 2.45) is 0 Å². The number of rotatable bonds is 6. The van der Waals surface area contributed by atoms with Crippen LogP contribution in [0.5, 0.6) is 0 Å². The number of nitrogens with one attached hydrogen (secondary N) is 2. The lowest BCUT2D eigenvalue weighted by atomic mass is 9.96. The minimum absolute atomic E-state index is 0.0420. The number of aromatic amines is 2. The summed E-state index contributed by atoms with van der Waals surface area (Å²) in [4.78, 5) is 43.0. The van der Waals surface area contributed by atoms with Gasteiger partial charge in [0.1, 0.15) is 0 Å². The smallest absolute Gasteiger partial charge is 0.277 e. The van der Waals surface area contributed by atoms with Crippen molar-refractivity contribution in [3.8, 4) is 0 Å². The van der Waals surface area contributed by atoms with Crippen LogP contribution in [-0.2, 0) is 4.79 Å². The molecule has 2 N–H and O–H groups in total. The molecule has 5 rings (SSSR count). The molecule has 4 aromatic rings. The first kappa shape index (κ1) is 21.4. The highest BCUT2D eigenvalue weighted by Crippen LogP contribution is 2.29. The molecule has 0 unspecified atom stereocenters. The van der Waals surface area contributed by atoms with Crippen LogP contribution in [0, 0.1) is 0 Å². The highest BCUT2D eigenvalue weighted by atomic mass is 32.2. The summed E-state index contributed by atoms with van der Waals surface area (Å²) in [5.41, 5.74) is 2.92. The van der Waals surface area contributed by atoms with E-state index in [1.807, 2.05) is 17.0 Å². The Morgan fingerprint density at radius 3 is 2.24 bits per heavy atom. The molecule has 0 radical (unpaired) electrons. The van der Waals surface area contributed by atoms with E-state index < -0.39 is 0 Å². The Morgan fingerprint density at radius 2 is 1.61 bits per heavy atom. The maximum atomic E-state index is 12.8. The fraction of sp³-hybridized carbons (Fsp3) is 0.250. The summed E-state index contributed by atoms with van der Waals surface area (Å²) >= 11 is 1.23. The van der Waals surface area contributed by atoms with Gasteiger partial charge in [-0.15, -0.1) is 0 Å². The largest absolute Gasteiger partial charge is 0.339 e. The number of aromatic nitrogens is 4. The van der Waals surface area contributed by atoms with E-state index in [1.54, 1.807) is 0 Å². The molecule has 168 valence electrons. The normalized spacial score (nSPS) is 14.8. The number of fused-ring (bicyclic) bond motifs is 1. The lowest BCUT2D eigenvalue weighted by molar-refractivity contribution is -0.130. The van der Waals surface area contributed by atoms with Gasteiger partial charge in [-0.25, -0.2) is 9.97 Å². The van der Waals surface area contributed by atoms with Crippen molar-refractivity contribution < 1.29 is 4.79 Å². The van der Waals surface area contributed by atoms with Crippen LogP contribution in [-0.4, -0.2) is 67.6 Å². The number of imidazole rings is 1. The first-order valence-electron chi connectivity index (χ1n) is 10.9. The Hall–Kier alpha value is -3.43. The molecular formula is C24H24N6O2S. The number of thioether (sulfide) groups is 1. The van der Waals surface area contributed by atoms with E-state index in [0.29, 0.717) is 29.4 Å². The molecule has 9 heteroatoms. The van der Waals surface area contributed by atoms with Gasteiger partial charge in [-0.3, -0.25) is 19.5 Å². The summed E-state index contributed by atoms with van der Waals surface area (Å²) in [6, 6.07) is 21.2. The molecule has 0 saturated carbocycles. The lowest BCUT2D eigenvalue weighted by Gasteiger charge is -2.39. The van der Waals surface area contributed by atoms with Crippen LogP contribution in [0.3, 0.4) is 0 Å². The highest BCUT2D eigenvalue weighted by molar-refractivity contribution is 7.99. The molecule has 0 spiro atoms. The zero-order valence-corrected chi connectivity index (χ0v) is 18.8. The molecule has 2 aromatic carbocycles. The number of carbonyl (C=O) groups is 1. The van der Waals surface area contributed by atoms with Crippen molar-refractivity contribution in [1.82, 2.24) is 29.7 Å². The standard InChI is InChI=1S/C24H24N6O2S/c31-19(15-33-24-27-22-20(23(32)28-24)25-16-26-22)29-11-13-30(14-12-29)21(17-7-3-1-4-8-17)18-9-5-2-6-10-18/h1-10,16,21H,11-15H2,(H2,25,26,27,28,32). The molecule has 33 heavy (non-hydrogen) atoms. The van der Waals surface area contributed by atoms with Crippen LogP contribution in [0.2, 0.25) is 0 Å². The van der Waals surface area contributed by atoms with Crippen LogP contribution in [0.15, 0.2) is 76.9 Å². The maximum absolute atomic E-state index is 12.8. The second-order valence-electron chi connectivity index (χ2n) is 7.90. The zero-order chi connectivity index (χ0) is 22.6. The second kappa shape index (κ2) is 9.60. The van der Waals surface area contributed by atoms with E-state index >= 15 is 0 Å². The monoisotopic (exact) mass is 460 g/mol. The third-order valence-electron chi connectivity index (χ3n) is 5.87. The van der Waals surface area contributed by atoms with Gasteiger partial charge in [0, 0.05) is 26.2 Å². The van der Waals surface area contributed by atoms with Crippen LogP contribution >= 0.6 is 11.8 Å². The fourth-order valence-corrected chi connectivity index (χ4v) is 4.99. The number of carbonyl (C=O) groups excluding carboxylic acids is 1. The average molecular weight is 461 g/mol. The average Bonchev–Trinajstić information content (AvgIpc) is 3.34. The van der Waals surface area contributed by atoms with Gasteiger partial charge >= 0.3 is 0 Å².